The smallest absolute Gasteiger partial charge is 0.0784 e. The van der Waals surface area contributed by atoms with Gasteiger partial charge in [0.1, 0.15) is 0 Å². The number of rotatable bonds is 1. The first-order valence-corrected chi connectivity index (χ1v) is 4.18. The molecule has 0 spiro atoms. The number of aliphatic hydroxyl groups is 1. The van der Waals surface area contributed by atoms with Crippen LogP contribution in [0.15, 0.2) is 12.2 Å². The van der Waals surface area contributed by atoms with E-state index in [1.807, 2.05) is 26.0 Å². The molecule has 2 heteroatoms. The monoisotopic (exact) mass is 156 g/mol. The molecule has 1 aliphatic rings. The van der Waals surface area contributed by atoms with Crippen LogP contribution in [0.3, 0.4) is 0 Å². The van der Waals surface area contributed by atoms with Crippen molar-refractivity contribution in [1.29, 1.82) is 0 Å². The summed E-state index contributed by atoms with van der Waals surface area (Å²) in [5.74, 6) is 0. The van der Waals surface area contributed by atoms with Crippen LogP contribution in [0, 0.1) is 0 Å². The predicted octanol–water partition coefficient (Wildman–Crippen LogP) is 1.49. The second-order valence-electron chi connectivity index (χ2n) is 3.14. The van der Waals surface area contributed by atoms with Crippen molar-refractivity contribution in [1.82, 2.24) is 0 Å². The van der Waals surface area contributed by atoms with Gasteiger partial charge in [-0.3, -0.25) is 0 Å². The van der Waals surface area contributed by atoms with Gasteiger partial charge >= 0.3 is 0 Å². The maximum atomic E-state index is 9.36. The molecule has 0 unspecified atom stereocenters. The third kappa shape index (κ3) is 2.64. The van der Waals surface area contributed by atoms with Crippen LogP contribution in [0.1, 0.15) is 26.7 Å². The van der Waals surface area contributed by atoms with Crippen molar-refractivity contribution in [3.05, 3.63) is 12.2 Å². The highest BCUT2D eigenvalue weighted by molar-refractivity contribution is 4.91. The van der Waals surface area contributed by atoms with Crippen LogP contribution in [0.25, 0.3) is 0 Å². The van der Waals surface area contributed by atoms with Gasteiger partial charge in [-0.25, -0.2) is 0 Å². The van der Waals surface area contributed by atoms with Crippen LogP contribution >= 0.6 is 0 Å². The lowest BCUT2D eigenvalue weighted by Crippen LogP contribution is -2.32. The van der Waals surface area contributed by atoms with Gasteiger partial charge in [0.25, 0.3) is 0 Å². The standard InChI is InChI=1S/C9H16O2/c1-3-4-9-6-8(10)5-7(2)11-9/h3-4,7-10H,5-6H2,1-2H3/b4-3+/t7-,8+,9+/m0/s1. The van der Waals surface area contributed by atoms with E-state index >= 15 is 0 Å². The fourth-order valence-electron chi connectivity index (χ4n) is 1.50. The van der Waals surface area contributed by atoms with Crippen molar-refractivity contribution in [3.63, 3.8) is 0 Å². The van der Waals surface area contributed by atoms with Crippen LogP contribution < -0.4 is 0 Å². The average molecular weight is 156 g/mol. The van der Waals surface area contributed by atoms with Gasteiger partial charge in [-0.15, -0.1) is 0 Å². The van der Waals surface area contributed by atoms with Crippen LogP contribution in [0.5, 0.6) is 0 Å². The molecule has 0 amide bonds. The maximum Gasteiger partial charge on any atom is 0.0784 e. The lowest BCUT2D eigenvalue weighted by Gasteiger charge is -2.29. The summed E-state index contributed by atoms with van der Waals surface area (Å²) >= 11 is 0. The summed E-state index contributed by atoms with van der Waals surface area (Å²) in [6.07, 6.45) is 5.62. The molecule has 1 saturated heterocycles. The molecule has 0 aromatic heterocycles. The summed E-state index contributed by atoms with van der Waals surface area (Å²) in [6, 6.07) is 0. The molecule has 0 radical (unpaired) electrons. The summed E-state index contributed by atoms with van der Waals surface area (Å²) in [5, 5.41) is 9.36. The first-order chi connectivity index (χ1) is 5.22. The number of ether oxygens (including phenoxy) is 1. The van der Waals surface area contributed by atoms with Crippen molar-refractivity contribution in [2.24, 2.45) is 0 Å². The first kappa shape index (κ1) is 8.75. The summed E-state index contributed by atoms with van der Waals surface area (Å²) in [4.78, 5) is 0. The highest BCUT2D eigenvalue weighted by atomic mass is 16.5. The van der Waals surface area contributed by atoms with Gasteiger partial charge in [-0.05, 0) is 20.3 Å². The first-order valence-electron chi connectivity index (χ1n) is 4.18. The fourth-order valence-corrected chi connectivity index (χ4v) is 1.50. The van der Waals surface area contributed by atoms with E-state index in [-0.39, 0.29) is 18.3 Å². The van der Waals surface area contributed by atoms with Crippen molar-refractivity contribution >= 4 is 0 Å². The molecule has 1 rings (SSSR count). The van der Waals surface area contributed by atoms with Crippen molar-refractivity contribution in [3.8, 4) is 0 Å². The molecule has 0 aliphatic carbocycles. The van der Waals surface area contributed by atoms with Crippen LogP contribution in [0.4, 0.5) is 0 Å². The van der Waals surface area contributed by atoms with Crippen molar-refractivity contribution in [2.75, 3.05) is 0 Å². The third-order valence-corrected chi connectivity index (χ3v) is 1.92. The quantitative estimate of drug-likeness (QED) is 0.583. The SMILES string of the molecule is C/C=C/[C@@H]1C[C@H](O)C[C@H](C)O1. The molecule has 1 aliphatic heterocycles. The van der Waals surface area contributed by atoms with E-state index < -0.39 is 0 Å². The van der Waals surface area contributed by atoms with Gasteiger partial charge in [0.15, 0.2) is 0 Å². The molecule has 0 aromatic rings. The average Bonchev–Trinajstić information content (AvgIpc) is 1.85. The van der Waals surface area contributed by atoms with Gasteiger partial charge in [0, 0.05) is 6.42 Å². The molecule has 0 bridgehead atoms. The Bertz CT molecular complexity index is 132. The zero-order valence-electron chi connectivity index (χ0n) is 7.16. The summed E-state index contributed by atoms with van der Waals surface area (Å²) in [5.41, 5.74) is 0. The Morgan fingerprint density at radius 1 is 1.45 bits per heavy atom. The van der Waals surface area contributed by atoms with E-state index in [2.05, 4.69) is 0 Å². The molecule has 0 aromatic carbocycles. The van der Waals surface area contributed by atoms with E-state index in [9.17, 15) is 5.11 Å². The Morgan fingerprint density at radius 3 is 2.73 bits per heavy atom. The molecule has 3 atom stereocenters. The topological polar surface area (TPSA) is 29.5 Å². The Balaban J connectivity index is 2.42. The van der Waals surface area contributed by atoms with Gasteiger partial charge in [-0.1, -0.05) is 12.2 Å². The number of hydrogen-bond acceptors (Lipinski definition) is 2. The van der Waals surface area contributed by atoms with E-state index in [0.717, 1.165) is 12.8 Å². The molecule has 11 heavy (non-hydrogen) atoms. The maximum absolute atomic E-state index is 9.36. The number of aliphatic hydroxyl groups excluding tert-OH is 1. The minimum atomic E-state index is -0.181. The minimum absolute atomic E-state index is 0.124. The van der Waals surface area contributed by atoms with Gasteiger partial charge in [0.2, 0.25) is 0 Å². The summed E-state index contributed by atoms with van der Waals surface area (Å²) in [7, 11) is 0. The molecule has 0 saturated carbocycles. The fraction of sp³-hybridized carbons (Fsp3) is 0.778. The Kier molecular flexibility index (Phi) is 3.09. The zero-order chi connectivity index (χ0) is 8.27. The molecular formula is C9H16O2. The highest BCUT2D eigenvalue weighted by Gasteiger charge is 2.23. The molecule has 1 N–H and O–H groups in total. The van der Waals surface area contributed by atoms with Gasteiger partial charge in [0.05, 0.1) is 18.3 Å². The second-order valence-corrected chi connectivity index (χ2v) is 3.14. The van der Waals surface area contributed by atoms with Gasteiger partial charge < -0.3 is 9.84 Å². The van der Waals surface area contributed by atoms with Crippen LogP contribution in [-0.4, -0.2) is 23.4 Å². The minimum Gasteiger partial charge on any atom is -0.393 e. The summed E-state index contributed by atoms with van der Waals surface area (Å²) < 4.78 is 5.55. The molecular weight excluding hydrogens is 140 g/mol. The zero-order valence-corrected chi connectivity index (χ0v) is 7.16. The second kappa shape index (κ2) is 3.88. The van der Waals surface area contributed by atoms with Crippen molar-refractivity contribution in [2.45, 2.75) is 45.0 Å². The highest BCUT2D eigenvalue weighted by Crippen LogP contribution is 2.19. The van der Waals surface area contributed by atoms with Gasteiger partial charge in [-0.2, -0.15) is 0 Å². The third-order valence-electron chi connectivity index (χ3n) is 1.92. The Morgan fingerprint density at radius 2 is 2.18 bits per heavy atom. The molecule has 64 valence electrons. The number of allylic oxidation sites excluding steroid dienone is 1. The Labute approximate surface area is 67.9 Å². The normalized spacial score (nSPS) is 39.7. The van der Waals surface area contributed by atoms with E-state index in [0.29, 0.717) is 0 Å². The Hall–Kier alpha value is -0.340. The predicted molar refractivity (Wildman–Crippen MR) is 44.4 cm³/mol. The van der Waals surface area contributed by atoms with E-state index in [1.54, 1.807) is 0 Å². The van der Waals surface area contributed by atoms with E-state index in [1.165, 1.54) is 0 Å². The molecule has 1 heterocycles. The van der Waals surface area contributed by atoms with Crippen LogP contribution in [-0.2, 0) is 4.74 Å². The molecule has 2 nitrogen and oxygen atoms in total. The van der Waals surface area contributed by atoms with E-state index in [4.69, 9.17) is 4.74 Å². The van der Waals surface area contributed by atoms with Crippen LogP contribution in [0.2, 0.25) is 0 Å². The molecule has 1 fully saturated rings. The number of hydrogen-bond donors (Lipinski definition) is 1. The lowest BCUT2D eigenvalue weighted by atomic mass is 10.0. The largest absolute Gasteiger partial charge is 0.393 e. The lowest BCUT2D eigenvalue weighted by molar-refractivity contribution is -0.0672. The van der Waals surface area contributed by atoms with Crippen molar-refractivity contribution < 1.29 is 9.84 Å². The summed E-state index contributed by atoms with van der Waals surface area (Å²) in [6.45, 7) is 3.97.